The van der Waals surface area contributed by atoms with Gasteiger partial charge in [-0.15, -0.1) is 0 Å². The number of hydrogen-bond acceptors (Lipinski definition) is 3. The molecule has 3 heteroatoms. The molecule has 25 heavy (non-hydrogen) atoms. The number of fused-ring (bicyclic) bond motifs is 2. The van der Waals surface area contributed by atoms with Crippen LogP contribution in [0.3, 0.4) is 0 Å². The minimum atomic E-state index is 0.158. The van der Waals surface area contributed by atoms with Gasteiger partial charge in [0, 0.05) is 17.2 Å². The van der Waals surface area contributed by atoms with Crippen LogP contribution in [0, 0.1) is 5.92 Å². The maximum atomic E-state index is 6.69. The van der Waals surface area contributed by atoms with Crippen molar-refractivity contribution >= 4 is 11.4 Å². The molecule has 1 atom stereocenters. The number of hydrogen-bond donors (Lipinski definition) is 2. The van der Waals surface area contributed by atoms with Gasteiger partial charge in [-0.2, -0.15) is 0 Å². The minimum Gasteiger partial charge on any atom is -0.396 e. The van der Waals surface area contributed by atoms with Crippen LogP contribution < -0.4 is 11.6 Å². The van der Waals surface area contributed by atoms with Crippen molar-refractivity contribution in [3.63, 3.8) is 0 Å². The van der Waals surface area contributed by atoms with E-state index >= 15 is 0 Å². The molecule has 3 nitrogen and oxygen atoms in total. The Morgan fingerprint density at radius 2 is 1.52 bits per heavy atom. The third-order valence-electron chi connectivity index (χ3n) is 5.24. The van der Waals surface area contributed by atoms with Gasteiger partial charge in [-0.25, -0.2) is 5.84 Å². The van der Waals surface area contributed by atoms with E-state index < -0.39 is 0 Å². The average Bonchev–Trinajstić information content (AvgIpc) is 2.59. The molecule has 0 amide bonds. The van der Waals surface area contributed by atoms with Crippen LogP contribution in [0.4, 0.5) is 0 Å². The summed E-state index contributed by atoms with van der Waals surface area (Å²) >= 11 is 0. The zero-order valence-corrected chi connectivity index (χ0v) is 15.7. The van der Waals surface area contributed by atoms with Gasteiger partial charge in [0.25, 0.3) is 0 Å². The van der Waals surface area contributed by atoms with Crippen molar-refractivity contribution in [3.05, 3.63) is 70.8 Å². The van der Waals surface area contributed by atoms with E-state index in [1.807, 2.05) is 5.01 Å². The van der Waals surface area contributed by atoms with Gasteiger partial charge < -0.3 is 10.7 Å². The second-order valence-corrected chi connectivity index (χ2v) is 7.56. The highest BCUT2D eigenvalue weighted by Crippen LogP contribution is 2.40. The number of benzene rings is 2. The van der Waals surface area contributed by atoms with Crippen molar-refractivity contribution in [1.29, 1.82) is 0 Å². The van der Waals surface area contributed by atoms with E-state index in [9.17, 15) is 0 Å². The van der Waals surface area contributed by atoms with Crippen molar-refractivity contribution in [2.75, 3.05) is 0 Å². The lowest BCUT2D eigenvalue weighted by atomic mass is 9.77. The zero-order valence-electron chi connectivity index (χ0n) is 15.7. The molecule has 0 heterocycles. The lowest BCUT2D eigenvalue weighted by molar-refractivity contribution is 0.342. The Labute approximate surface area is 151 Å². The highest BCUT2D eigenvalue weighted by atomic mass is 15.4. The summed E-state index contributed by atoms with van der Waals surface area (Å²) in [6.45, 7) is 8.77. The predicted molar refractivity (Wildman–Crippen MR) is 106 cm³/mol. The number of rotatable bonds is 3. The molecule has 1 aliphatic carbocycles. The molecule has 3 rings (SSSR count). The number of nitrogens with two attached hydrogens (primary N) is 2. The first-order valence-corrected chi connectivity index (χ1v) is 9.13. The Bertz CT molecular complexity index is 789. The van der Waals surface area contributed by atoms with Gasteiger partial charge in [0.15, 0.2) is 0 Å². The van der Waals surface area contributed by atoms with Gasteiger partial charge >= 0.3 is 0 Å². The van der Waals surface area contributed by atoms with Crippen LogP contribution in [0.2, 0.25) is 0 Å². The van der Waals surface area contributed by atoms with Crippen LogP contribution in [0.1, 0.15) is 55.9 Å². The molecule has 4 N–H and O–H groups in total. The first-order valence-electron chi connectivity index (χ1n) is 9.13. The molecular weight excluding hydrogens is 306 g/mol. The summed E-state index contributed by atoms with van der Waals surface area (Å²) in [5, 5.41) is 1.81. The van der Waals surface area contributed by atoms with E-state index in [0.29, 0.717) is 11.8 Å². The monoisotopic (exact) mass is 335 g/mol. The molecule has 1 aliphatic rings. The van der Waals surface area contributed by atoms with Crippen LogP contribution in [0.15, 0.2) is 48.5 Å². The SMILES string of the molecule is CC(C)C1Cc2ccccc2/C(N)=C(/N(N)C(C)C)c2ccccc21. The van der Waals surface area contributed by atoms with E-state index in [1.165, 1.54) is 11.1 Å². The lowest BCUT2D eigenvalue weighted by Crippen LogP contribution is -2.38. The fraction of sp³-hybridized carbons (Fsp3) is 0.364. The summed E-state index contributed by atoms with van der Waals surface area (Å²) in [4.78, 5) is 0. The second-order valence-electron chi connectivity index (χ2n) is 7.56. The van der Waals surface area contributed by atoms with Gasteiger partial charge in [0.2, 0.25) is 0 Å². The standard InChI is InChI=1S/C22H29N3/c1-14(2)20-13-16-9-5-6-10-17(16)21(23)22(25(24)15(3)4)19-12-8-7-11-18(19)20/h5-12,14-15,20H,13,23-24H2,1-4H3/b22-21-. The van der Waals surface area contributed by atoms with Crippen molar-refractivity contribution in [3.8, 4) is 0 Å². The van der Waals surface area contributed by atoms with Crippen molar-refractivity contribution < 1.29 is 0 Å². The summed E-state index contributed by atoms with van der Waals surface area (Å²) in [6, 6.07) is 17.2. The topological polar surface area (TPSA) is 55.3 Å². The van der Waals surface area contributed by atoms with Gasteiger partial charge in [-0.05, 0) is 43.2 Å². The molecule has 2 aromatic carbocycles. The average molecular weight is 335 g/mol. The summed E-state index contributed by atoms with van der Waals surface area (Å²) in [6.07, 6.45) is 0.991. The molecule has 1 unspecified atom stereocenters. The Hall–Kier alpha value is -2.26. The van der Waals surface area contributed by atoms with E-state index in [4.69, 9.17) is 11.6 Å². The van der Waals surface area contributed by atoms with Crippen LogP contribution in [-0.2, 0) is 6.42 Å². The van der Waals surface area contributed by atoms with Crippen LogP contribution >= 0.6 is 0 Å². The third-order valence-corrected chi connectivity index (χ3v) is 5.24. The molecule has 0 fully saturated rings. The molecular formula is C22H29N3. The highest BCUT2D eigenvalue weighted by Gasteiger charge is 2.28. The quantitative estimate of drug-likeness (QED) is 0.647. The molecule has 0 spiro atoms. The van der Waals surface area contributed by atoms with Gasteiger partial charge in [0.1, 0.15) is 0 Å². The fourth-order valence-corrected chi connectivity index (χ4v) is 3.75. The largest absolute Gasteiger partial charge is 0.396 e. The van der Waals surface area contributed by atoms with E-state index in [0.717, 1.165) is 28.9 Å². The van der Waals surface area contributed by atoms with Gasteiger partial charge in [-0.1, -0.05) is 62.4 Å². The maximum absolute atomic E-state index is 6.69. The Morgan fingerprint density at radius 3 is 2.16 bits per heavy atom. The van der Waals surface area contributed by atoms with Gasteiger partial charge in [-0.3, -0.25) is 0 Å². The predicted octanol–water partition coefficient (Wildman–Crippen LogP) is 4.35. The molecule has 132 valence electrons. The first-order chi connectivity index (χ1) is 11.9. The first kappa shape index (κ1) is 17.6. The summed E-state index contributed by atoms with van der Waals surface area (Å²) in [7, 11) is 0. The molecule has 0 saturated heterocycles. The molecule has 0 saturated carbocycles. The summed E-state index contributed by atoms with van der Waals surface area (Å²) in [5.41, 5.74) is 13.3. The third kappa shape index (κ3) is 3.16. The fourth-order valence-electron chi connectivity index (χ4n) is 3.75. The highest BCUT2D eigenvalue weighted by molar-refractivity contribution is 5.90. The van der Waals surface area contributed by atoms with Crippen molar-refractivity contribution in [1.82, 2.24) is 5.01 Å². The van der Waals surface area contributed by atoms with Gasteiger partial charge in [0.05, 0.1) is 11.4 Å². The normalized spacial score (nSPS) is 20.0. The van der Waals surface area contributed by atoms with E-state index in [-0.39, 0.29) is 6.04 Å². The molecule has 0 aliphatic heterocycles. The lowest BCUT2D eigenvalue weighted by Gasteiger charge is -2.34. The smallest absolute Gasteiger partial charge is 0.0831 e. The van der Waals surface area contributed by atoms with Crippen molar-refractivity contribution in [2.24, 2.45) is 17.5 Å². The molecule has 0 aromatic heterocycles. The Kier molecular flexibility index (Phi) is 4.87. The second kappa shape index (κ2) is 6.93. The summed E-state index contributed by atoms with van der Waals surface area (Å²) < 4.78 is 0. The maximum Gasteiger partial charge on any atom is 0.0831 e. The van der Waals surface area contributed by atoms with E-state index in [1.54, 1.807) is 0 Å². The van der Waals surface area contributed by atoms with E-state index in [2.05, 4.69) is 76.2 Å². The number of hydrazine groups is 1. The Balaban J connectivity index is 2.36. The van der Waals surface area contributed by atoms with Crippen LogP contribution in [0.25, 0.3) is 11.4 Å². The molecule has 0 radical (unpaired) electrons. The van der Waals surface area contributed by atoms with Crippen LogP contribution in [-0.4, -0.2) is 11.1 Å². The minimum absolute atomic E-state index is 0.158. The summed E-state index contributed by atoms with van der Waals surface area (Å²) in [5.74, 6) is 7.45. The molecule has 0 bridgehead atoms. The number of nitrogens with zero attached hydrogens (tertiary/aromatic N) is 1. The van der Waals surface area contributed by atoms with Crippen LogP contribution in [0.5, 0.6) is 0 Å². The molecule has 2 aromatic rings. The Morgan fingerprint density at radius 1 is 0.920 bits per heavy atom. The van der Waals surface area contributed by atoms with Crippen molar-refractivity contribution in [2.45, 2.75) is 46.1 Å². The zero-order chi connectivity index (χ0) is 18.1.